The van der Waals surface area contributed by atoms with Gasteiger partial charge in [-0.3, -0.25) is 4.79 Å². The van der Waals surface area contributed by atoms with E-state index in [0.717, 1.165) is 47.4 Å². The summed E-state index contributed by atoms with van der Waals surface area (Å²) >= 11 is 1.60. The van der Waals surface area contributed by atoms with Crippen LogP contribution in [-0.4, -0.2) is 33.6 Å². The first-order valence-electron chi connectivity index (χ1n) is 8.13. The molecule has 0 spiro atoms. The van der Waals surface area contributed by atoms with Gasteiger partial charge in [-0.1, -0.05) is 29.5 Å². The number of amides is 1. The monoisotopic (exact) mass is 341 g/mol. The smallest absolute Gasteiger partial charge is 0.227 e. The van der Waals surface area contributed by atoms with Crippen LogP contribution in [-0.2, 0) is 4.79 Å². The normalized spacial score (nSPS) is 15.8. The van der Waals surface area contributed by atoms with E-state index in [9.17, 15) is 4.79 Å². The minimum absolute atomic E-state index is 0.0627. The second kappa shape index (κ2) is 6.24. The van der Waals surface area contributed by atoms with Crippen LogP contribution < -0.4 is 10.2 Å². The van der Waals surface area contributed by atoms with Crippen LogP contribution in [0.25, 0.3) is 4.96 Å². The Morgan fingerprint density at radius 3 is 2.71 bits per heavy atom. The molecule has 0 radical (unpaired) electrons. The Morgan fingerprint density at radius 1 is 1.25 bits per heavy atom. The highest BCUT2D eigenvalue weighted by Gasteiger charge is 2.26. The van der Waals surface area contributed by atoms with E-state index in [1.54, 1.807) is 11.3 Å². The third kappa shape index (κ3) is 2.99. The molecule has 3 aromatic rings. The quantitative estimate of drug-likeness (QED) is 0.795. The van der Waals surface area contributed by atoms with Crippen molar-refractivity contribution in [2.75, 3.05) is 23.3 Å². The molecular formula is C17H19N5OS. The SMILES string of the molecule is Cc1cn2nc(N3CCC(C(=O)Nc4ccccc4)CC3)sc2n1. The summed E-state index contributed by atoms with van der Waals surface area (Å²) in [5.74, 6) is 0.179. The Kier molecular flexibility index (Phi) is 3.93. The predicted octanol–water partition coefficient (Wildman–Crippen LogP) is 2.95. The van der Waals surface area contributed by atoms with Gasteiger partial charge in [0, 0.05) is 24.7 Å². The first kappa shape index (κ1) is 15.1. The van der Waals surface area contributed by atoms with Gasteiger partial charge in [-0.05, 0) is 31.9 Å². The summed E-state index contributed by atoms with van der Waals surface area (Å²) in [4.78, 5) is 20.0. The van der Waals surface area contributed by atoms with Crippen LogP contribution in [0.15, 0.2) is 36.5 Å². The summed E-state index contributed by atoms with van der Waals surface area (Å²) in [5, 5.41) is 8.58. The molecule has 0 bridgehead atoms. The second-order valence-electron chi connectivity index (χ2n) is 6.11. The maximum Gasteiger partial charge on any atom is 0.227 e. The number of hydrogen-bond acceptors (Lipinski definition) is 5. The van der Waals surface area contributed by atoms with Gasteiger partial charge < -0.3 is 10.2 Å². The van der Waals surface area contributed by atoms with Crippen molar-refractivity contribution in [2.45, 2.75) is 19.8 Å². The second-order valence-corrected chi connectivity index (χ2v) is 7.05. The van der Waals surface area contributed by atoms with Gasteiger partial charge in [-0.25, -0.2) is 9.50 Å². The topological polar surface area (TPSA) is 62.5 Å². The van der Waals surface area contributed by atoms with E-state index in [4.69, 9.17) is 0 Å². The van der Waals surface area contributed by atoms with E-state index < -0.39 is 0 Å². The maximum absolute atomic E-state index is 12.4. The third-order valence-corrected chi connectivity index (χ3v) is 5.31. The molecule has 24 heavy (non-hydrogen) atoms. The van der Waals surface area contributed by atoms with Crippen molar-refractivity contribution in [3.8, 4) is 0 Å². The van der Waals surface area contributed by atoms with Crippen LogP contribution in [0.4, 0.5) is 10.8 Å². The maximum atomic E-state index is 12.4. The fraction of sp³-hybridized carbons (Fsp3) is 0.353. The Balaban J connectivity index is 1.37. The number of aryl methyl sites for hydroxylation is 1. The van der Waals surface area contributed by atoms with Gasteiger partial charge in [-0.15, -0.1) is 5.10 Å². The number of anilines is 2. The van der Waals surface area contributed by atoms with Gasteiger partial charge >= 0.3 is 0 Å². The molecule has 124 valence electrons. The molecule has 0 aliphatic carbocycles. The molecular weight excluding hydrogens is 322 g/mol. The molecule has 1 aromatic carbocycles. The summed E-state index contributed by atoms with van der Waals surface area (Å²) in [5.41, 5.74) is 1.85. The molecule has 1 N–H and O–H groups in total. The Labute approximate surface area is 144 Å². The fourth-order valence-electron chi connectivity index (χ4n) is 3.03. The summed E-state index contributed by atoms with van der Waals surface area (Å²) < 4.78 is 1.84. The standard InChI is InChI=1S/C17H19N5OS/c1-12-11-22-16(18-12)24-17(20-22)21-9-7-13(8-10-21)15(23)19-14-5-3-2-4-6-14/h2-6,11,13H,7-10H2,1H3,(H,19,23). The average Bonchev–Trinajstić information content (AvgIpc) is 3.13. The number of hydrogen-bond donors (Lipinski definition) is 1. The Hall–Kier alpha value is -2.41. The number of fused-ring (bicyclic) bond motifs is 1. The lowest BCUT2D eigenvalue weighted by atomic mass is 9.96. The van der Waals surface area contributed by atoms with Gasteiger partial charge in [0.2, 0.25) is 16.0 Å². The third-order valence-electron chi connectivity index (χ3n) is 4.33. The molecule has 1 aliphatic rings. The minimum atomic E-state index is 0.0627. The predicted molar refractivity (Wildman–Crippen MR) is 95.6 cm³/mol. The van der Waals surface area contributed by atoms with Crippen LogP contribution in [0.3, 0.4) is 0 Å². The number of carbonyl (C=O) groups is 1. The lowest BCUT2D eigenvalue weighted by Gasteiger charge is -2.30. The Morgan fingerprint density at radius 2 is 2.00 bits per heavy atom. The van der Waals surface area contributed by atoms with E-state index in [-0.39, 0.29) is 11.8 Å². The van der Waals surface area contributed by atoms with Crippen molar-refractivity contribution in [2.24, 2.45) is 5.92 Å². The molecule has 1 amide bonds. The molecule has 4 rings (SSSR count). The summed E-state index contributed by atoms with van der Waals surface area (Å²) in [6.07, 6.45) is 3.63. The van der Waals surface area contributed by atoms with Crippen molar-refractivity contribution in [3.63, 3.8) is 0 Å². The Bertz CT molecular complexity index is 817. The number of nitrogens with zero attached hydrogens (tertiary/aromatic N) is 4. The molecule has 7 heteroatoms. The van der Waals surface area contributed by atoms with E-state index in [1.165, 1.54) is 0 Å². The highest BCUT2D eigenvalue weighted by atomic mass is 32.1. The van der Waals surface area contributed by atoms with Crippen molar-refractivity contribution >= 4 is 33.0 Å². The number of nitrogens with one attached hydrogen (secondary N) is 1. The zero-order chi connectivity index (χ0) is 16.5. The van der Waals surface area contributed by atoms with E-state index in [1.807, 2.05) is 48.0 Å². The van der Waals surface area contributed by atoms with Gasteiger partial charge in [0.15, 0.2) is 0 Å². The number of aromatic nitrogens is 3. The fourth-order valence-corrected chi connectivity index (χ4v) is 4.01. The first-order valence-corrected chi connectivity index (χ1v) is 8.94. The van der Waals surface area contributed by atoms with Crippen LogP contribution >= 0.6 is 11.3 Å². The summed E-state index contributed by atoms with van der Waals surface area (Å²) in [6, 6.07) is 9.64. The van der Waals surface area contributed by atoms with Crippen LogP contribution in [0.2, 0.25) is 0 Å². The average molecular weight is 341 g/mol. The molecule has 1 fully saturated rings. The lowest BCUT2D eigenvalue weighted by molar-refractivity contribution is -0.120. The number of imidazole rings is 1. The van der Waals surface area contributed by atoms with Crippen LogP contribution in [0.5, 0.6) is 0 Å². The van der Waals surface area contributed by atoms with E-state index in [2.05, 4.69) is 20.3 Å². The number of carbonyl (C=O) groups excluding carboxylic acids is 1. The summed E-state index contributed by atoms with van der Waals surface area (Å²) in [6.45, 7) is 3.67. The number of benzene rings is 1. The van der Waals surface area contributed by atoms with E-state index in [0.29, 0.717) is 0 Å². The molecule has 3 heterocycles. The molecule has 2 aromatic heterocycles. The zero-order valence-corrected chi connectivity index (χ0v) is 14.3. The van der Waals surface area contributed by atoms with Gasteiger partial charge in [0.05, 0.1) is 11.9 Å². The lowest BCUT2D eigenvalue weighted by Crippen LogP contribution is -2.38. The van der Waals surface area contributed by atoms with Crippen molar-refractivity contribution in [3.05, 3.63) is 42.2 Å². The highest BCUT2D eigenvalue weighted by Crippen LogP contribution is 2.28. The molecule has 0 atom stereocenters. The van der Waals surface area contributed by atoms with Gasteiger partial charge in [0.1, 0.15) is 0 Å². The molecule has 6 nitrogen and oxygen atoms in total. The number of para-hydroxylation sites is 1. The summed E-state index contributed by atoms with van der Waals surface area (Å²) in [7, 11) is 0. The molecule has 0 saturated carbocycles. The molecule has 0 unspecified atom stereocenters. The largest absolute Gasteiger partial charge is 0.347 e. The highest BCUT2D eigenvalue weighted by molar-refractivity contribution is 7.20. The number of piperidine rings is 1. The van der Waals surface area contributed by atoms with Crippen molar-refractivity contribution in [1.82, 2.24) is 14.6 Å². The van der Waals surface area contributed by atoms with Crippen LogP contribution in [0.1, 0.15) is 18.5 Å². The number of rotatable bonds is 3. The first-order chi connectivity index (χ1) is 11.7. The van der Waals surface area contributed by atoms with Gasteiger partial charge in [0.25, 0.3) is 0 Å². The van der Waals surface area contributed by atoms with E-state index >= 15 is 0 Å². The van der Waals surface area contributed by atoms with Gasteiger partial charge in [-0.2, -0.15) is 0 Å². The molecule has 1 saturated heterocycles. The van der Waals surface area contributed by atoms with Crippen LogP contribution in [0, 0.1) is 12.8 Å². The minimum Gasteiger partial charge on any atom is -0.347 e. The van der Waals surface area contributed by atoms with Crippen molar-refractivity contribution in [1.29, 1.82) is 0 Å². The molecule has 1 aliphatic heterocycles. The van der Waals surface area contributed by atoms with Crippen molar-refractivity contribution < 1.29 is 4.79 Å². The zero-order valence-electron chi connectivity index (χ0n) is 13.5.